The molecule has 0 aromatic rings. The molecule has 167 valence electrons. The highest BCUT2D eigenvalue weighted by atomic mass is 16.5. The van der Waals surface area contributed by atoms with Gasteiger partial charge >= 0.3 is 5.97 Å². The topological polar surface area (TPSA) is 55.8 Å². The highest BCUT2D eigenvalue weighted by Gasteiger charge is 1.97. The second-order valence-corrected chi connectivity index (χ2v) is 7.88. The number of hydrogen-bond donors (Lipinski definition) is 1. The molecule has 0 aliphatic heterocycles. The molecule has 0 aromatic carbocycles. The normalized spacial score (nSPS) is 11.2. The molecule has 4 nitrogen and oxygen atoms in total. The lowest BCUT2D eigenvalue weighted by Crippen LogP contribution is -2.04. The number of ether oxygens (including phenoxy) is 2. The first-order valence-corrected chi connectivity index (χ1v) is 11.9. The van der Waals surface area contributed by atoms with Gasteiger partial charge in [-0.2, -0.15) is 0 Å². The molecule has 0 atom stereocenters. The molecule has 1 radical (unpaired) electrons. The van der Waals surface area contributed by atoms with Crippen molar-refractivity contribution < 1.29 is 19.4 Å². The Balaban J connectivity index is 2.99. The van der Waals surface area contributed by atoms with Crippen LogP contribution in [0.25, 0.3) is 0 Å². The van der Waals surface area contributed by atoms with Crippen LogP contribution >= 0.6 is 0 Å². The van der Waals surface area contributed by atoms with Crippen molar-refractivity contribution in [3.05, 3.63) is 6.92 Å². The highest BCUT2D eigenvalue weighted by molar-refractivity contribution is 5.66. The highest BCUT2D eigenvalue weighted by Crippen LogP contribution is 2.14. The first-order valence-electron chi connectivity index (χ1n) is 11.9. The van der Waals surface area contributed by atoms with Crippen molar-refractivity contribution in [1.82, 2.24) is 0 Å². The first kappa shape index (κ1) is 27.4. The zero-order valence-electron chi connectivity index (χ0n) is 18.4. The van der Waals surface area contributed by atoms with Crippen LogP contribution in [0.5, 0.6) is 0 Å². The molecule has 28 heavy (non-hydrogen) atoms. The molecule has 0 unspecified atom stereocenters. The fourth-order valence-electron chi connectivity index (χ4n) is 3.45. The van der Waals surface area contributed by atoms with Gasteiger partial charge in [0.1, 0.15) is 0 Å². The summed E-state index contributed by atoms with van der Waals surface area (Å²) in [7, 11) is 0. The van der Waals surface area contributed by atoms with E-state index in [1.54, 1.807) is 0 Å². The predicted octanol–water partition coefficient (Wildman–Crippen LogP) is 6.96. The van der Waals surface area contributed by atoms with Gasteiger partial charge in [0.05, 0.1) is 13.2 Å². The maximum atomic E-state index is 10.4. The van der Waals surface area contributed by atoms with E-state index in [-0.39, 0.29) is 0 Å². The lowest BCUT2D eigenvalue weighted by molar-refractivity contribution is -0.137. The van der Waals surface area contributed by atoms with Crippen LogP contribution in [0.1, 0.15) is 116 Å². The van der Waals surface area contributed by atoms with E-state index in [1.165, 1.54) is 96.3 Å². The number of rotatable bonds is 24. The quantitative estimate of drug-likeness (QED) is 0.178. The monoisotopic (exact) mass is 399 g/mol. The molecule has 0 heterocycles. The van der Waals surface area contributed by atoms with Crippen molar-refractivity contribution in [2.75, 3.05) is 26.4 Å². The van der Waals surface area contributed by atoms with E-state index >= 15 is 0 Å². The molecular formula is C24H47O4. The van der Waals surface area contributed by atoms with Gasteiger partial charge in [-0.3, -0.25) is 4.79 Å². The van der Waals surface area contributed by atoms with Gasteiger partial charge < -0.3 is 14.6 Å². The van der Waals surface area contributed by atoms with E-state index < -0.39 is 5.97 Å². The van der Waals surface area contributed by atoms with E-state index in [1.807, 2.05) is 0 Å². The van der Waals surface area contributed by atoms with Crippen LogP contribution < -0.4 is 0 Å². The Morgan fingerprint density at radius 2 is 0.893 bits per heavy atom. The van der Waals surface area contributed by atoms with E-state index in [0.29, 0.717) is 26.2 Å². The van der Waals surface area contributed by atoms with Crippen molar-refractivity contribution >= 4 is 5.97 Å². The third-order valence-corrected chi connectivity index (χ3v) is 5.20. The minimum Gasteiger partial charge on any atom is -0.481 e. The van der Waals surface area contributed by atoms with Crippen LogP contribution in [0, 0.1) is 6.92 Å². The molecule has 0 amide bonds. The van der Waals surface area contributed by atoms with Crippen molar-refractivity contribution in [3.8, 4) is 0 Å². The van der Waals surface area contributed by atoms with Gasteiger partial charge in [-0.05, 0) is 19.8 Å². The Kier molecular flexibility index (Phi) is 23.9. The van der Waals surface area contributed by atoms with Gasteiger partial charge in [0.25, 0.3) is 0 Å². The second kappa shape index (κ2) is 24.4. The summed E-state index contributed by atoms with van der Waals surface area (Å²) in [4.78, 5) is 10.4. The van der Waals surface area contributed by atoms with Crippen LogP contribution in [-0.4, -0.2) is 37.5 Å². The Bertz CT molecular complexity index is 307. The van der Waals surface area contributed by atoms with E-state index in [4.69, 9.17) is 14.6 Å². The Morgan fingerprint density at radius 3 is 1.29 bits per heavy atom. The minimum absolute atomic E-state index is 0.336. The summed E-state index contributed by atoms with van der Waals surface area (Å²) in [6, 6.07) is 0. The third kappa shape index (κ3) is 25.4. The Hall–Kier alpha value is -0.610. The first-order chi connectivity index (χ1) is 13.8. The summed E-state index contributed by atoms with van der Waals surface area (Å²) in [5.74, 6) is -0.659. The molecule has 4 heteroatoms. The molecule has 0 aliphatic rings. The molecule has 0 bridgehead atoms. The molecule has 0 aromatic heterocycles. The SMILES string of the molecule is [CH2]COCCOCCCCCCCCCCCCCCCCCCCC(=O)O. The summed E-state index contributed by atoms with van der Waals surface area (Å²) in [5.41, 5.74) is 0. The smallest absolute Gasteiger partial charge is 0.303 e. The van der Waals surface area contributed by atoms with E-state index in [0.717, 1.165) is 19.4 Å². The summed E-state index contributed by atoms with van der Waals surface area (Å²) < 4.78 is 10.6. The Morgan fingerprint density at radius 1 is 0.536 bits per heavy atom. The standard InChI is InChI=1S/C24H47O4/c1-2-27-22-23-28-21-19-17-15-13-11-9-7-5-3-4-6-8-10-12-14-16-18-20-24(25)26/h1-23H2,(H,25,26). The molecule has 0 saturated heterocycles. The van der Waals surface area contributed by atoms with Crippen LogP contribution in [0.15, 0.2) is 0 Å². The second-order valence-electron chi connectivity index (χ2n) is 7.88. The number of carboxylic acids is 1. The van der Waals surface area contributed by atoms with E-state index in [9.17, 15) is 4.79 Å². The van der Waals surface area contributed by atoms with Crippen LogP contribution in [0.3, 0.4) is 0 Å². The average molecular weight is 400 g/mol. The summed E-state index contributed by atoms with van der Waals surface area (Å²) >= 11 is 0. The van der Waals surface area contributed by atoms with Gasteiger partial charge in [0, 0.05) is 19.6 Å². The fourth-order valence-corrected chi connectivity index (χ4v) is 3.45. The maximum Gasteiger partial charge on any atom is 0.303 e. The van der Waals surface area contributed by atoms with Gasteiger partial charge in [-0.15, -0.1) is 0 Å². The van der Waals surface area contributed by atoms with Crippen molar-refractivity contribution in [3.63, 3.8) is 0 Å². The van der Waals surface area contributed by atoms with Gasteiger partial charge in [-0.25, -0.2) is 0 Å². The largest absolute Gasteiger partial charge is 0.481 e. The van der Waals surface area contributed by atoms with Crippen molar-refractivity contribution in [1.29, 1.82) is 0 Å². The third-order valence-electron chi connectivity index (χ3n) is 5.20. The Labute approximate surface area is 174 Å². The summed E-state index contributed by atoms with van der Waals surface area (Å²) in [6.07, 6.45) is 22.3. The summed E-state index contributed by atoms with van der Waals surface area (Å²) in [6.45, 7) is 6.38. The lowest BCUT2D eigenvalue weighted by Gasteiger charge is -2.05. The summed E-state index contributed by atoms with van der Waals surface area (Å²) in [5, 5.41) is 8.58. The minimum atomic E-state index is -0.659. The number of carbonyl (C=O) groups is 1. The molecular weight excluding hydrogens is 352 g/mol. The predicted molar refractivity (Wildman–Crippen MR) is 118 cm³/mol. The number of aliphatic carboxylic acids is 1. The van der Waals surface area contributed by atoms with Gasteiger partial charge in [0.15, 0.2) is 0 Å². The molecule has 0 aliphatic carbocycles. The molecule has 0 fully saturated rings. The van der Waals surface area contributed by atoms with Gasteiger partial charge in [0.2, 0.25) is 0 Å². The zero-order valence-corrected chi connectivity index (χ0v) is 18.4. The van der Waals surface area contributed by atoms with Crippen LogP contribution in [0.4, 0.5) is 0 Å². The van der Waals surface area contributed by atoms with Crippen LogP contribution in [-0.2, 0) is 14.3 Å². The molecule has 0 saturated carbocycles. The van der Waals surface area contributed by atoms with Crippen molar-refractivity contribution in [2.24, 2.45) is 0 Å². The lowest BCUT2D eigenvalue weighted by atomic mass is 10.0. The van der Waals surface area contributed by atoms with Crippen molar-refractivity contribution in [2.45, 2.75) is 116 Å². The number of unbranched alkanes of at least 4 members (excludes halogenated alkanes) is 16. The van der Waals surface area contributed by atoms with E-state index in [2.05, 4.69) is 6.92 Å². The molecule has 0 rings (SSSR count). The number of hydrogen-bond acceptors (Lipinski definition) is 3. The fraction of sp³-hybridized carbons (Fsp3) is 0.917. The van der Waals surface area contributed by atoms with Crippen LogP contribution in [0.2, 0.25) is 0 Å². The molecule has 0 spiro atoms. The maximum absolute atomic E-state index is 10.4. The number of carboxylic acid groups (broad SMARTS) is 1. The van der Waals surface area contributed by atoms with Gasteiger partial charge in [-0.1, -0.05) is 96.3 Å². The average Bonchev–Trinajstić information content (AvgIpc) is 2.68. The zero-order chi connectivity index (χ0) is 20.5. The molecule has 1 N–H and O–H groups in total.